The van der Waals surface area contributed by atoms with Gasteiger partial charge in [-0.1, -0.05) is 48.8 Å². The largest absolute Gasteiger partial charge is 0.354 e. The van der Waals surface area contributed by atoms with Crippen LogP contribution < -0.4 is 11.1 Å². The second kappa shape index (κ2) is 6.73. The highest BCUT2D eigenvalue weighted by molar-refractivity contribution is 9.10. The van der Waals surface area contributed by atoms with Gasteiger partial charge in [-0.2, -0.15) is 0 Å². The van der Waals surface area contributed by atoms with E-state index in [2.05, 4.69) is 42.0 Å². The van der Waals surface area contributed by atoms with E-state index < -0.39 is 5.54 Å². The van der Waals surface area contributed by atoms with Crippen molar-refractivity contribution in [3.05, 3.63) is 34.3 Å². The van der Waals surface area contributed by atoms with Gasteiger partial charge >= 0.3 is 0 Å². The maximum atomic E-state index is 12.1. The molecule has 1 aromatic carbocycles. The molecule has 5 heteroatoms. The third-order valence-corrected chi connectivity index (χ3v) is 3.22. The Kier molecular flexibility index (Phi) is 6.52. The molecule has 1 rings (SSSR count). The van der Waals surface area contributed by atoms with Crippen molar-refractivity contribution in [2.24, 2.45) is 11.1 Å². The zero-order chi connectivity index (χ0) is 14.0. The number of carbonyl (C=O) groups excluding carboxylic acids is 1. The summed E-state index contributed by atoms with van der Waals surface area (Å²) in [6.07, 6.45) is 0. The van der Waals surface area contributed by atoms with Crippen molar-refractivity contribution in [1.82, 2.24) is 5.32 Å². The topological polar surface area (TPSA) is 55.1 Å². The smallest absolute Gasteiger partial charge is 0.244 e. The normalized spacial score (nSPS) is 14.2. The summed E-state index contributed by atoms with van der Waals surface area (Å²) in [5.74, 6) is -0.153. The average Bonchev–Trinajstić information content (AvgIpc) is 2.25. The van der Waals surface area contributed by atoms with Crippen LogP contribution in [0.3, 0.4) is 0 Å². The van der Waals surface area contributed by atoms with E-state index in [0.717, 1.165) is 10.0 Å². The van der Waals surface area contributed by atoms with E-state index in [1.54, 1.807) is 6.92 Å². The molecular formula is C14H22BrClN2O. The molecule has 3 nitrogen and oxygen atoms in total. The molecule has 1 atom stereocenters. The fourth-order valence-corrected chi connectivity index (χ4v) is 1.72. The zero-order valence-electron chi connectivity index (χ0n) is 11.8. The van der Waals surface area contributed by atoms with Crippen molar-refractivity contribution >= 4 is 34.2 Å². The van der Waals surface area contributed by atoms with Crippen molar-refractivity contribution < 1.29 is 4.79 Å². The number of rotatable bonds is 3. The summed E-state index contributed by atoms with van der Waals surface area (Å²) in [5, 5.41) is 2.90. The lowest BCUT2D eigenvalue weighted by Crippen LogP contribution is -2.50. The van der Waals surface area contributed by atoms with Gasteiger partial charge in [-0.15, -0.1) is 12.4 Å². The highest BCUT2D eigenvalue weighted by Gasteiger charge is 2.30. The van der Waals surface area contributed by atoms with E-state index in [0.29, 0.717) is 6.54 Å². The Balaban J connectivity index is 0.00000324. The van der Waals surface area contributed by atoms with Crippen LogP contribution >= 0.6 is 28.3 Å². The molecule has 1 aromatic rings. The van der Waals surface area contributed by atoms with Crippen LogP contribution in [0.15, 0.2) is 28.7 Å². The van der Waals surface area contributed by atoms with Crippen LogP contribution in [0.1, 0.15) is 33.3 Å². The Morgan fingerprint density at radius 2 is 1.68 bits per heavy atom. The van der Waals surface area contributed by atoms with Gasteiger partial charge in [-0.3, -0.25) is 4.79 Å². The van der Waals surface area contributed by atoms with Gasteiger partial charge in [0.05, 0.1) is 0 Å². The van der Waals surface area contributed by atoms with Crippen molar-refractivity contribution in [2.75, 3.05) is 6.54 Å². The van der Waals surface area contributed by atoms with E-state index in [1.165, 1.54) is 0 Å². The zero-order valence-corrected chi connectivity index (χ0v) is 14.2. The molecule has 108 valence electrons. The Bertz CT molecular complexity index is 424. The highest BCUT2D eigenvalue weighted by Crippen LogP contribution is 2.21. The summed E-state index contributed by atoms with van der Waals surface area (Å²) < 4.78 is 0.970. The quantitative estimate of drug-likeness (QED) is 0.880. The van der Waals surface area contributed by atoms with Crippen LogP contribution in [-0.4, -0.2) is 12.5 Å². The third kappa shape index (κ3) is 5.51. The maximum Gasteiger partial charge on any atom is 0.244 e. The van der Waals surface area contributed by atoms with Crippen LogP contribution in [-0.2, 0) is 10.3 Å². The molecule has 0 saturated carbocycles. The van der Waals surface area contributed by atoms with Crippen LogP contribution in [0.4, 0.5) is 0 Å². The number of hydrogen-bond donors (Lipinski definition) is 2. The van der Waals surface area contributed by atoms with Crippen LogP contribution in [0.5, 0.6) is 0 Å². The molecule has 19 heavy (non-hydrogen) atoms. The van der Waals surface area contributed by atoms with E-state index in [-0.39, 0.29) is 23.7 Å². The van der Waals surface area contributed by atoms with Crippen molar-refractivity contribution in [2.45, 2.75) is 33.2 Å². The fourth-order valence-electron chi connectivity index (χ4n) is 1.46. The van der Waals surface area contributed by atoms with E-state index in [9.17, 15) is 4.79 Å². The SMILES string of the molecule is CC(C)(C)CNC(=O)C(C)(N)c1ccc(Br)cc1.Cl. The summed E-state index contributed by atoms with van der Waals surface area (Å²) in [6.45, 7) is 8.55. The standard InChI is InChI=1S/C14H21BrN2O.ClH/c1-13(2,3)9-17-12(18)14(4,16)10-5-7-11(15)8-6-10;/h5-8H,9,16H2,1-4H3,(H,17,18);1H. The number of benzene rings is 1. The number of nitrogens with one attached hydrogen (secondary N) is 1. The predicted molar refractivity (Wildman–Crippen MR) is 85.4 cm³/mol. The first-order valence-corrected chi connectivity index (χ1v) is 6.75. The van der Waals surface area contributed by atoms with E-state index >= 15 is 0 Å². The molecule has 0 radical (unpaired) electrons. The molecule has 0 aliphatic heterocycles. The lowest BCUT2D eigenvalue weighted by atomic mass is 9.91. The lowest BCUT2D eigenvalue weighted by Gasteiger charge is -2.27. The summed E-state index contributed by atoms with van der Waals surface area (Å²) in [7, 11) is 0. The first-order chi connectivity index (χ1) is 8.13. The Morgan fingerprint density at radius 1 is 1.21 bits per heavy atom. The number of carbonyl (C=O) groups is 1. The molecule has 0 aromatic heterocycles. The molecule has 0 heterocycles. The predicted octanol–water partition coefficient (Wildman–Crippen LogP) is 3.21. The molecular weight excluding hydrogens is 328 g/mol. The molecule has 0 saturated heterocycles. The third-order valence-electron chi connectivity index (χ3n) is 2.69. The number of hydrogen-bond acceptors (Lipinski definition) is 2. The second-order valence-electron chi connectivity index (χ2n) is 5.95. The Labute approximate surface area is 129 Å². The van der Waals surface area contributed by atoms with Gasteiger partial charge in [-0.05, 0) is 30.0 Å². The monoisotopic (exact) mass is 348 g/mol. The summed E-state index contributed by atoms with van der Waals surface area (Å²) in [4.78, 5) is 12.1. The van der Waals surface area contributed by atoms with Crippen LogP contribution in [0.25, 0.3) is 0 Å². The fraction of sp³-hybridized carbons (Fsp3) is 0.500. The molecule has 0 aliphatic rings. The average molecular weight is 350 g/mol. The minimum absolute atomic E-state index is 0. The van der Waals surface area contributed by atoms with Gasteiger partial charge in [0.1, 0.15) is 5.54 Å². The maximum absolute atomic E-state index is 12.1. The van der Waals surface area contributed by atoms with Crippen LogP contribution in [0, 0.1) is 5.41 Å². The molecule has 3 N–H and O–H groups in total. The van der Waals surface area contributed by atoms with Gasteiger partial charge < -0.3 is 11.1 Å². The molecule has 1 unspecified atom stereocenters. The van der Waals surface area contributed by atoms with Gasteiger partial charge in [-0.25, -0.2) is 0 Å². The van der Waals surface area contributed by atoms with E-state index in [4.69, 9.17) is 5.73 Å². The molecule has 0 spiro atoms. The van der Waals surface area contributed by atoms with Crippen molar-refractivity contribution in [1.29, 1.82) is 0 Å². The number of nitrogens with two attached hydrogens (primary N) is 1. The molecule has 0 fully saturated rings. The summed E-state index contributed by atoms with van der Waals surface area (Å²) in [5.41, 5.74) is 5.98. The van der Waals surface area contributed by atoms with E-state index in [1.807, 2.05) is 24.3 Å². The highest BCUT2D eigenvalue weighted by atomic mass is 79.9. The van der Waals surface area contributed by atoms with Gasteiger partial charge in [0.15, 0.2) is 0 Å². The molecule has 1 amide bonds. The molecule has 0 aliphatic carbocycles. The second-order valence-corrected chi connectivity index (χ2v) is 6.87. The minimum Gasteiger partial charge on any atom is -0.354 e. The van der Waals surface area contributed by atoms with Gasteiger partial charge in [0, 0.05) is 11.0 Å². The van der Waals surface area contributed by atoms with Gasteiger partial charge in [0.25, 0.3) is 0 Å². The minimum atomic E-state index is -1.01. The molecule has 0 bridgehead atoms. The van der Waals surface area contributed by atoms with Crippen molar-refractivity contribution in [3.63, 3.8) is 0 Å². The van der Waals surface area contributed by atoms with Crippen LogP contribution in [0.2, 0.25) is 0 Å². The number of amides is 1. The Morgan fingerprint density at radius 3 is 2.11 bits per heavy atom. The summed E-state index contributed by atoms with van der Waals surface area (Å²) >= 11 is 3.36. The number of halogens is 2. The van der Waals surface area contributed by atoms with Crippen molar-refractivity contribution in [3.8, 4) is 0 Å². The Hall–Kier alpha value is -0.580. The lowest BCUT2D eigenvalue weighted by molar-refractivity contribution is -0.126. The first kappa shape index (κ1) is 18.4. The first-order valence-electron chi connectivity index (χ1n) is 5.96. The van der Waals surface area contributed by atoms with Gasteiger partial charge in [0.2, 0.25) is 5.91 Å². The summed E-state index contributed by atoms with van der Waals surface area (Å²) in [6, 6.07) is 7.50.